The van der Waals surface area contributed by atoms with Crippen LogP contribution in [0.25, 0.3) is 11.4 Å². The van der Waals surface area contributed by atoms with Gasteiger partial charge in [-0.1, -0.05) is 21.3 Å². The van der Waals surface area contributed by atoms with Crippen molar-refractivity contribution in [3.8, 4) is 11.4 Å². The van der Waals surface area contributed by atoms with Crippen molar-refractivity contribution in [1.82, 2.24) is 19.6 Å². The summed E-state index contributed by atoms with van der Waals surface area (Å²) in [5, 5.41) is 16.3. The average Bonchev–Trinajstić information content (AvgIpc) is 3.50. The van der Waals surface area contributed by atoms with E-state index in [0.29, 0.717) is 5.56 Å². The maximum Gasteiger partial charge on any atom is 0.335 e. The lowest BCUT2D eigenvalue weighted by Gasteiger charge is -2.00. The number of halogens is 1. The summed E-state index contributed by atoms with van der Waals surface area (Å²) in [6.07, 6.45) is 7.00. The second kappa shape index (κ2) is 12.8. The zero-order chi connectivity index (χ0) is 21.9. The lowest BCUT2D eigenvalue weighted by Crippen LogP contribution is -1.98. The van der Waals surface area contributed by atoms with Gasteiger partial charge in [0.1, 0.15) is 0 Å². The van der Waals surface area contributed by atoms with Crippen molar-refractivity contribution in [3.05, 3.63) is 96.6 Å². The SMILES string of the molecule is C.CC.O=C(Cl)c1ccc(-n2cccn2)cc1.O=C(O)c1ccc(-n2cccn2)cc1. The van der Waals surface area contributed by atoms with Crippen molar-refractivity contribution < 1.29 is 14.7 Å². The average molecular weight is 441 g/mol. The Hall–Kier alpha value is -3.71. The van der Waals surface area contributed by atoms with Crippen LogP contribution in [0.4, 0.5) is 0 Å². The Morgan fingerprint density at radius 1 is 0.774 bits per heavy atom. The molecule has 0 saturated heterocycles. The van der Waals surface area contributed by atoms with Gasteiger partial charge in [-0.15, -0.1) is 0 Å². The molecule has 0 aliphatic rings. The molecule has 0 fully saturated rings. The molecule has 4 aromatic rings. The summed E-state index contributed by atoms with van der Waals surface area (Å²) >= 11 is 5.32. The largest absolute Gasteiger partial charge is 0.478 e. The monoisotopic (exact) mass is 440 g/mol. The van der Waals surface area contributed by atoms with E-state index in [2.05, 4.69) is 10.2 Å². The molecule has 0 amide bonds. The molecule has 2 aromatic carbocycles. The fourth-order valence-electron chi connectivity index (χ4n) is 2.35. The minimum atomic E-state index is -0.919. The van der Waals surface area contributed by atoms with Crippen LogP contribution in [0.2, 0.25) is 0 Å². The lowest BCUT2D eigenvalue weighted by molar-refractivity contribution is 0.0696. The predicted molar refractivity (Wildman–Crippen MR) is 122 cm³/mol. The van der Waals surface area contributed by atoms with E-state index in [1.54, 1.807) is 76.5 Å². The van der Waals surface area contributed by atoms with Gasteiger partial charge in [0.25, 0.3) is 5.24 Å². The summed E-state index contributed by atoms with van der Waals surface area (Å²) in [6.45, 7) is 4.00. The second-order valence-electron chi connectivity index (χ2n) is 5.57. The highest BCUT2D eigenvalue weighted by atomic mass is 35.5. The summed E-state index contributed by atoms with van der Waals surface area (Å²) < 4.78 is 3.38. The summed E-state index contributed by atoms with van der Waals surface area (Å²) in [5.74, 6) is -0.919. The molecule has 0 saturated carbocycles. The number of benzene rings is 2. The number of aromatic nitrogens is 4. The Labute approximate surface area is 186 Å². The van der Waals surface area contributed by atoms with Gasteiger partial charge in [0.05, 0.1) is 16.9 Å². The topological polar surface area (TPSA) is 90.0 Å². The molecular weight excluding hydrogens is 416 g/mol. The number of rotatable bonds is 4. The van der Waals surface area contributed by atoms with Crippen molar-refractivity contribution in [2.45, 2.75) is 21.3 Å². The standard InChI is InChI=1S/C10H7ClN2O.C10H8N2O2.C2H6.CH4/c11-10(14)8-2-4-9(5-3-8)13-7-1-6-12-13;13-10(14)8-2-4-9(5-3-8)12-7-1-6-11-12;1-2;/h1-7H;1-7H,(H,13,14);1-2H3;1H4. The second-order valence-corrected chi connectivity index (χ2v) is 5.92. The smallest absolute Gasteiger partial charge is 0.335 e. The quantitative estimate of drug-likeness (QED) is 0.424. The molecule has 0 aliphatic carbocycles. The Bertz CT molecular complexity index is 956. The van der Waals surface area contributed by atoms with Crippen LogP contribution in [0.15, 0.2) is 85.5 Å². The van der Waals surface area contributed by atoms with E-state index >= 15 is 0 Å². The van der Waals surface area contributed by atoms with E-state index < -0.39 is 11.2 Å². The summed E-state index contributed by atoms with van der Waals surface area (Å²) in [4.78, 5) is 21.4. The molecule has 1 N–H and O–H groups in total. The van der Waals surface area contributed by atoms with Crippen LogP contribution in [-0.4, -0.2) is 35.9 Å². The summed E-state index contributed by atoms with van der Waals surface area (Å²) in [6, 6.07) is 17.1. The minimum Gasteiger partial charge on any atom is -0.478 e. The molecule has 7 nitrogen and oxygen atoms in total. The number of hydrogen-bond donors (Lipinski definition) is 1. The van der Waals surface area contributed by atoms with E-state index in [-0.39, 0.29) is 13.0 Å². The number of carbonyl (C=O) groups excluding carboxylic acids is 1. The number of nitrogens with zero attached hydrogens (tertiary/aromatic N) is 4. The molecule has 0 radical (unpaired) electrons. The van der Waals surface area contributed by atoms with Gasteiger partial charge in [-0.3, -0.25) is 4.79 Å². The molecule has 31 heavy (non-hydrogen) atoms. The van der Waals surface area contributed by atoms with Crippen molar-refractivity contribution in [2.24, 2.45) is 0 Å². The van der Waals surface area contributed by atoms with Gasteiger partial charge in [-0.25, -0.2) is 14.2 Å². The van der Waals surface area contributed by atoms with Crippen LogP contribution in [-0.2, 0) is 0 Å². The molecule has 2 aromatic heterocycles. The molecule has 0 bridgehead atoms. The Kier molecular flexibility index (Phi) is 10.4. The Morgan fingerprint density at radius 2 is 1.16 bits per heavy atom. The highest BCUT2D eigenvalue weighted by molar-refractivity contribution is 6.67. The van der Waals surface area contributed by atoms with Crippen molar-refractivity contribution in [2.75, 3.05) is 0 Å². The van der Waals surface area contributed by atoms with Gasteiger partial charge in [0.15, 0.2) is 0 Å². The van der Waals surface area contributed by atoms with Gasteiger partial charge in [-0.05, 0) is 72.3 Å². The molecule has 2 heterocycles. The first-order valence-corrected chi connectivity index (χ1v) is 9.55. The third-order valence-electron chi connectivity index (χ3n) is 3.75. The van der Waals surface area contributed by atoms with Crippen LogP contribution < -0.4 is 0 Å². The highest BCUT2D eigenvalue weighted by Crippen LogP contribution is 2.10. The summed E-state index contributed by atoms with van der Waals surface area (Å²) in [7, 11) is 0. The van der Waals surface area contributed by atoms with E-state index in [1.807, 2.05) is 32.2 Å². The van der Waals surface area contributed by atoms with Gasteiger partial charge in [0, 0.05) is 30.4 Å². The van der Waals surface area contributed by atoms with Crippen LogP contribution in [0.1, 0.15) is 42.0 Å². The molecule has 0 spiro atoms. The lowest BCUT2D eigenvalue weighted by atomic mass is 10.2. The summed E-state index contributed by atoms with van der Waals surface area (Å²) in [5.41, 5.74) is 2.51. The van der Waals surface area contributed by atoms with Crippen molar-refractivity contribution in [3.63, 3.8) is 0 Å². The third kappa shape index (κ3) is 7.24. The molecule has 4 rings (SSSR count). The van der Waals surface area contributed by atoms with Crippen LogP contribution >= 0.6 is 11.6 Å². The van der Waals surface area contributed by atoms with Crippen molar-refractivity contribution in [1.29, 1.82) is 0 Å². The van der Waals surface area contributed by atoms with E-state index in [4.69, 9.17) is 16.7 Å². The van der Waals surface area contributed by atoms with Crippen LogP contribution in [0, 0.1) is 0 Å². The Balaban J connectivity index is 0.000000279. The predicted octanol–water partition coefficient (Wildman–Crippen LogP) is 5.48. The number of carbonyl (C=O) groups is 2. The molecule has 0 unspecified atom stereocenters. The van der Waals surface area contributed by atoms with Crippen LogP contribution in [0.3, 0.4) is 0 Å². The number of hydrogen-bond acceptors (Lipinski definition) is 4. The van der Waals surface area contributed by atoms with Gasteiger partial charge < -0.3 is 5.11 Å². The van der Waals surface area contributed by atoms with Gasteiger partial charge >= 0.3 is 5.97 Å². The molecule has 8 heteroatoms. The van der Waals surface area contributed by atoms with E-state index in [0.717, 1.165) is 11.4 Å². The molecule has 162 valence electrons. The first-order chi connectivity index (χ1) is 14.5. The normalized spacial score (nSPS) is 9.26. The third-order valence-corrected chi connectivity index (χ3v) is 3.96. The maximum atomic E-state index is 10.8. The molecular formula is C23H25ClN4O3. The fourth-order valence-corrected chi connectivity index (χ4v) is 2.47. The zero-order valence-electron chi connectivity index (χ0n) is 16.5. The van der Waals surface area contributed by atoms with Gasteiger partial charge in [-0.2, -0.15) is 10.2 Å². The van der Waals surface area contributed by atoms with E-state index in [9.17, 15) is 9.59 Å². The number of carboxylic acids is 1. The zero-order valence-corrected chi connectivity index (χ0v) is 17.3. The fraction of sp³-hybridized carbons (Fsp3) is 0.130. The number of carboxylic acid groups (broad SMARTS) is 1. The molecule has 0 atom stereocenters. The first-order valence-electron chi connectivity index (χ1n) is 9.18. The van der Waals surface area contributed by atoms with Crippen LogP contribution in [0.5, 0.6) is 0 Å². The highest BCUT2D eigenvalue weighted by Gasteiger charge is 2.02. The maximum absolute atomic E-state index is 10.8. The first kappa shape index (κ1) is 25.3. The van der Waals surface area contributed by atoms with Gasteiger partial charge in [0.2, 0.25) is 0 Å². The Morgan fingerprint density at radius 3 is 1.45 bits per heavy atom. The van der Waals surface area contributed by atoms with Crippen molar-refractivity contribution >= 4 is 22.8 Å². The number of aromatic carboxylic acids is 1. The van der Waals surface area contributed by atoms with E-state index in [1.165, 1.54) is 0 Å². The minimum absolute atomic E-state index is 0. The molecule has 0 aliphatic heterocycles.